The normalized spacial score (nSPS) is 11.2. The fraction of sp³-hybridized carbons (Fsp3) is 0.300. The van der Waals surface area contributed by atoms with Crippen LogP contribution in [-0.2, 0) is 11.2 Å². The Balaban J connectivity index is 3.01. The van der Waals surface area contributed by atoms with Crippen LogP contribution in [0, 0.1) is 0 Å². The first-order valence-corrected chi connectivity index (χ1v) is 4.68. The predicted molar refractivity (Wildman–Crippen MR) is 54.3 cm³/mol. The van der Waals surface area contributed by atoms with Gasteiger partial charge in [-0.05, 0) is 12.1 Å². The lowest BCUT2D eigenvalue weighted by atomic mass is 10.1. The minimum atomic E-state index is -3.82. The van der Waals surface area contributed by atoms with E-state index in [0.29, 0.717) is 5.02 Å². The molecule has 1 N–H and O–H groups in total. The molecule has 1 aromatic carbocycles. The Bertz CT molecular complexity index is 407. The van der Waals surface area contributed by atoms with Crippen LogP contribution in [-0.4, -0.2) is 24.1 Å². The number of hydrogen-bond acceptors (Lipinski definition) is 2. The van der Waals surface area contributed by atoms with Crippen LogP contribution >= 0.6 is 11.6 Å². The molecule has 0 unspecified atom stereocenters. The summed E-state index contributed by atoms with van der Waals surface area (Å²) in [6.07, 6.45) is -0.928. The quantitative estimate of drug-likeness (QED) is 0.894. The van der Waals surface area contributed by atoms with Gasteiger partial charge < -0.3 is 9.84 Å². The van der Waals surface area contributed by atoms with Gasteiger partial charge in [-0.25, -0.2) is 4.79 Å². The molecule has 0 bridgehead atoms. The molecule has 0 spiro atoms. The molecule has 0 saturated carbocycles. The Morgan fingerprint density at radius 2 is 2.19 bits per heavy atom. The molecule has 16 heavy (non-hydrogen) atoms. The first-order chi connectivity index (χ1) is 7.36. The lowest BCUT2D eigenvalue weighted by Crippen LogP contribution is -2.30. The van der Waals surface area contributed by atoms with Crippen molar-refractivity contribution in [2.24, 2.45) is 0 Å². The SMILES string of the molecule is COc1cc(Cl)ccc1CC(F)(F)C(=O)O. The molecule has 88 valence electrons. The van der Waals surface area contributed by atoms with Gasteiger partial charge >= 0.3 is 11.9 Å². The third-order valence-corrected chi connectivity index (χ3v) is 2.21. The van der Waals surface area contributed by atoms with E-state index in [4.69, 9.17) is 21.4 Å². The minimum Gasteiger partial charge on any atom is -0.496 e. The number of halogens is 3. The summed E-state index contributed by atoms with van der Waals surface area (Å²) < 4.78 is 30.8. The van der Waals surface area contributed by atoms with Gasteiger partial charge in [0.25, 0.3) is 0 Å². The zero-order chi connectivity index (χ0) is 12.3. The number of carboxylic acids is 1. The van der Waals surface area contributed by atoms with Crippen molar-refractivity contribution in [3.8, 4) is 5.75 Å². The van der Waals surface area contributed by atoms with Crippen LogP contribution in [0.15, 0.2) is 18.2 Å². The molecule has 0 aromatic heterocycles. The summed E-state index contributed by atoms with van der Waals surface area (Å²) >= 11 is 5.65. The highest BCUT2D eigenvalue weighted by Gasteiger charge is 2.39. The summed E-state index contributed by atoms with van der Waals surface area (Å²) in [5.41, 5.74) is 0.0966. The number of methoxy groups -OCH3 is 1. The van der Waals surface area contributed by atoms with Gasteiger partial charge in [0.15, 0.2) is 0 Å². The van der Waals surface area contributed by atoms with Crippen molar-refractivity contribution in [3.05, 3.63) is 28.8 Å². The van der Waals surface area contributed by atoms with Gasteiger partial charge in [-0.1, -0.05) is 17.7 Å². The average Bonchev–Trinajstić information content (AvgIpc) is 2.20. The lowest BCUT2D eigenvalue weighted by molar-refractivity contribution is -0.164. The van der Waals surface area contributed by atoms with Crippen LogP contribution in [0.3, 0.4) is 0 Å². The molecule has 0 radical (unpaired) electrons. The van der Waals surface area contributed by atoms with E-state index in [-0.39, 0.29) is 11.3 Å². The van der Waals surface area contributed by atoms with Gasteiger partial charge in [-0.15, -0.1) is 0 Å². The second-order valence-corrected chi connectivity index (χ2v) is 3.58. The van der Waals surface area contributed by atoms with Crippen LogP contribution in [0.25, 0.3) is 0 Å². The van der Waals surface area contributed by atoms with Gasteiger partial charge in [0, 0.05) is 10.6 Å². The van der Waals surface area contributed by atoms with E-state index in [9.17, 15) is 13.6 Å². The maximum Gasteiger partial charge on any atom is 0.374 e. The van der Waals surface area contributed by atoms with Crippen LogP contribution in [0.1, 0.15) is 5.56 Å². The Morgan fingerprint density at radius 1 is 1.56 bits per heavy atom. The largest absolute Gasteiger partial charge is 0.496 e. The Labute approximate surface area is 95.6 Å². The molecular formula is C10H9ClF2O3. The van der Waals surface area contributed by atoms with Crippen LogP contribution in [0.2, 0.25) is 5.02 Å². The Kier molecular flexibility index (Phi) is 3.70. The van der Waals surface area contributed by atoms with Crippen LogP contribution in [0.5, 0.6) is 5.75 Å². The van der Waals surface area contributed by atoms with E-state index in [1.807, 2.05) is 0 Å². The number of alkyl halides is 2. The molecule has 0 fully saturated rings. The highest BCUT2D eigenvalue weighted by Crippen LogP contribution is 2.29. The van der Waals surface area contributed by atoms with Gasteiger partial charge in [0.05, 0.1) is 13.5 Å². The molecule has 0 heterocycles. The number of carboxylic acid groups (broad SMARTS) is 1. The highest BCUT2D eigenvalue weighted by atomic mass is 35.5. The first-order valence-electron chi connectivity index (χ1n) is 4.30. The van der Waals surface area contributed by atoms with Crippen molar-refractivity contribution in [1.82, 2.24) is 0 Å². The fourth-order valence-corrected chi connectivity index (χ4v) is 1.34. The molecule has 0 aliphatic carbocycles. The van der Waals surface area contributed by atoms with Crippen molar-refractivity contribution >= 4 is 17.6 Å². The minimum absolute atomic E-state index is 0.0966. The van der Waals surface area contributed by atoms with Crippen LogP contribution < -0.4 is 4.74 Å². The molecule has 0 amide bonds. The second kappa shape index (κ2) is 4.65. The zero-order valence-corrected chi connectivity index (χ0v) is 9.09. The van der Waals surface area contributed by atoms with Gasteiger partial charge in [-0.2, -0.15) is 8.78 Å². The number of rotatable bonds is 4. The van der Waals surface area contributed by atoms with Crippen molar-refractivity contribution in [2.75, 3.05) is 7.11 Å². The number of carbonyl (C=O) groups is 1. The van der Waals surface area contributed by atoms with Crippen molar-refractivity contribution in [3.63, 3.8) is 0 Å². The third-order valence-electron chi connectivity index (χ3n) is 1.97. The fourth-order valence-electron chi connectivity index (χ4n) is 1.18. The predicted octanol–water partition coefficient (Wildman–Crippen LogP) is 2.61. The zero-order valence-electron chi connectivity index (χ0n) is 8.34. The number of hydrogen-bond donors (Lipinski definition) is 1. The summed E-state index contributed by atoms with van der Waals surface area (Å²) in [6, 6.07) is 4.07. The molecule has 3 nitrogen and oxygen atoms in total. The summed E-state index contributed by atoms with van der Waals surface area (Å²) in [4.78, 5) is 10.3. The maximum absolute atomic E-state index is 13.0. The van der Waals surface area contributed by atoms with Gasteiger partial charge in [-0.3, -0.25) is 0 Å². The third kappa shape index (κ3) is 2.82. The van der Waals surface area contributed by atoms with E-state index in [1.165, 1.54) is 25.3 Å². The molecule has 0 saturated heterocycles. The maximum atomic E-state index is 13.0. The van der Waals surface area contributed by atoms with Crippen molar-refractivity contribution < 1.29 is 23.4 Å². The van der Waals surface area contributed by atoms with Crippen molar-refractivity contribution in [2.45, 2.75) is 12.3 Å². The number of aliphatic carboxylic acids is 1. The topological polar surface area (TPSA) is 46.5 Å². The molecule has 0 aliphatic rings. The summed E-state index contributed by atoms with van der Waals surface area (Å²) in [7, 11) is 1.30. The van der Waals surface area contributed by atoms with Gasteiger partial charge in [0.1, 0.15) is 5.75 Å². The van der Waals surface area contributed by atoms with E-state index in [1.54, 1.807) is 0 Å². The van der Waals surface area contributed by atoms with E-state index >= 15 is 0 Å². The highest BCUT2D eigenvalue weighted by molar-refractivity contribution is 6.30. The van der Waals surface area contributed by atoms with E-state index in [0.717, 1.165) is 0 Å². The molecule has 6 heteroatoms. The summed E-state index contributed by atoms with van der Waals surface area (Å²) in [5.74, 6) is -5.83. The number of ether oxygens (including phenoxy) is 1. The monoisotopic (exact) mass is 250 g/mol. The molecule has 0 aliphatic heterocycles. The molecule has 0 atom stereocenters. The Morgan fingerprint density at radius 3 is 2.69 bits per heavy atom. The standard InChI is InChI=1S/C10H9ClF2O3/c1-16-8-4-7(11)3-2-6(8)5-10(12,13)9(14)15/h2-4H,5H2,1H3,(H,14,15). The average molecular weight is 251 g/mol. The summed E-state index contributed by atoms with van der Waals surface area (Å²) in [6.45, 7) is 0. The first kappa shape index (κ1) is 12.7. The van der Waals surface area contributed by atoms with Crippen molar-refractivity contribution in [1.29, 1.82) is 0 Å². The van der Waals surface area contributed by atoms with Gasteiger partial charge in [0.2, 0.25) is 0 Å². The molecular weight excluding hydrogens is 242 g/mol. The Hall–Kier alpha value is -1.36. The second-order valence-electron chi connectivity index (χ2n) is 3.14. The summed E-state index contributed by atoms with van der Waals surface area (Å²) in [5, 5.41) is 8.64. The molecule has 1 aromatic rings. The smallest absolute Gasteiger partial charge is 0.374 e. The molecule has 1 rings (SSSR count). The van der Waals surface area contributed by atoms with E-state index < -0.39 is 18.3 Å². The lowest BCUT2D eigenvalue weighted by Gasteiger charge is -2.13. The number of benzene rings is 1. The van der Waals surface area contributed by atoms with E-state index in [2.05, 4.69) is 0 Å². The van der Waals surface area contributed by atoms with Crippen LogP contribution in [0.4, 0.5) is 8.78 Å².